The molecule has 0 aliphatic heterocycles. The number of hydrogen-bond donors (Lipinski definition) is 0. The lowest BCUT2D eigenvalue weighted by Gasteiger charge is -2.07. The summed E-state index contributed by atoms with van der Waals surface area (Å²) in [5, 5.41) is 0. The van der Waals surface area contributed by atoms with Crippen LogP contribution in [-0.4, -0.2) is 10.5 Å². The predicted octanol–water partition coefficient (Wildman–Crippen LogP) is 4.92. The average molecular weight is 270 g/mol. The van der Waals surface area contributed by atoms with Crippen molar-refractivity contribution in [2.45, 2.75) is 0 Å². The largest absolute Gasteiger partial charge is 0.117 e. The molecular weight excluding hydrogens is 256 g/mol. The molecule has 0 aromatic heterocycles. The lowest BCUT2D eigenvalue weighted by Crippen LogP contribution is -1.93. The van der Waals surface area contributed by atoms with E-state index in [1.165, 1.54) is 11.1 Å². The fourth-order valence-electron chi connectivity index (χ4n) is 1.70. The van der Waals surface area contributed by atoms with E-state index in [1.807, 2.05) is 42.7 Å². The number of hydrogen-bond acceptors (Lipinski definition) is 2. The second-order valence-electron chi connectivity index (χ2n) is 3.83. The van der Waals surface area contributed by atoms with Crippen molar-refractivity contribution >= 4 is 39.8 Å². The Bertz CT molecular complexity index is 542. The summed E-state index contributed by atoms with van der Waals surface area (Å²) in [6, 6.07) is 20.6. The van der Waals surface area contributed by atoms with Crippen LogP contribution in [0.4, 0.5) is 0 Å². The SMILES string of the molecule is CSC(=S)/C(=C\c1ccccc1)c1ccccc1. The van der Waals surface area contributed by atoms with Gasteiger partial charge in [-0.2, -0.15) is 0 Å². The van der Waals surface area contributed by atoms with Crippen molar-refractivity contribution in [1.29, 1.82) is 0 Å². The van der Waals surface area contributed by atoms with Gasteiger partial charge >= 0.3 is 0 Å². The molecule has 2 heteroatoms. The first-order chi connectivity index (χ1) is 8.81. The van der Waals surface area contributed by atoms with Gasteiger partial charge in [0.2, 0.25) is 0 Å². The summed E-state index contributed by atoms with van der Waals surface area (Å²) in [6.45, 7) is 0. The molecule has 0 N–H and O–H groups in total. The Morgan fingerprint density at radius 2 is 1.50 bits per heavy atom. The van der Waals surface area contributed by atoms with Gasteiger partial charge in [0, 0.05) is 5.57 Å². The second kappa shape index (κ2) is 6.53. The highest BCUT2D eigenvalue weighted by atomic mass is 32.2. The van der Waals surface area contributed by atoms with Gasteiger partial charge in [-0.05, 0) is 23.5 Å². The Balaban J connectivity index is 2.44. The zero-order chi connectivity index (χ0) is 12.8. The van der Waals surface area contributed by atoms with Crippen molar-refractivity contribution in [3.8, 4) is 0 Å². The van der Waals surface area contributed by atoms with E-state index >= 15 is 0 Å². The van der Waals surface area contributed by atoms with Gasteiger partial charge in [-0.1, -0.05) is 72.9 Å². The lowest BCUT2D eigenvalue weighted by molar-refractivity contribution is 1.63. The zero-order valence-corrected chi connectivity index (χ0v) is 11.8. The van der Waals surface area contributed by atoms with Gasteiger partial charge in [0.15, 0.2) is 0 Å². The van der Waals surface area contributed by atoms with Gasteiger partial charge in [0.05, 0.1) is 4.20 Å². The molecular formula is C16H14S2. The van der Waals surface area contributed by atoms with E-state index in [0.717, 1.165) is 9.77 Å². The van der Waals surface area contributed by atoms with Gasteiger partial charge in [-0.25, -0.2) is 0 Å². The van der Waals surface area contributed by atoms with E-state index < -0.39 is 0 Å². The van der Waals surface area contributed by atoms with Crippen LogP contribution in [0, 0.1) is 0 Å². The van der Waals surface area contributed by atoms with Crippen LogP contribution in [0.5, 0.6) is 0 Å². The van der Waals surface area contributed by atoms with Crippen LogP contribution in [0.3, 0.4) is 0 Å². The molecule has 0 fully saturated rings. The summed E-state index contributed by atoms with van der Waals surface area (Å²) >= 11 is 7.06. The van der Waals surface area contributed by atoms with Crippen molar-refractivity contribution in [2.75, 3.05) is 6.26 Å². The average Bonchev–Trinajstić information content (AvgIpc) is 2.46. The van der Waals surface area contributed by atoms with Crippen molar-refractivity contribution in [3.05, 3.63) is 71.8 Å². The third-order valence-electron chi connectivity index (χ3n) is 2.60. The molecule has 0 saturated carbocycles. The minimum absolute atomic E-state index is 0.921. The molecule has 0 aliphatic carbocycles. The highest BCUT2D eigenvalue weighted by molar-refractivity contribution is 8.24. The Labute approximate surface area is 118 Å². The topological polar surface area (TPSA) is 0 Å². The smallest absolute Gasteiger partial charge is 0.0781 e. The molecule has 2 rings (SSSR count). The predicted molar refractivity (Wildman–Crippen MR) is 86.9 cm³/mol. The molecule has 0 atom stereocenters. The molecule has 0 radical (unpaired) electrons. The van der Waals surface area contributed by atoms with Crippen LogP contribution in [-0.2, 0) is 0 Å². The second-order valence-corrected chi connectivity index (χ2v) is 5.31. The Morgan fingerprint density at radius 1 is 0.944 bits per heavy atom. The van der Waals surface area contributed by atoms with Gasteiger partial charge in [-0.15, -0.1) is 11.8 Å². The third-order valence-corrected chi connectivity index (χ3v) is 3.91. The normalized spacial score (nSPS) is 11.3. The van der Waals surface area contributed by atoms with Crippen LogP contribution in [0.2, 0.25) is 0 Å². The molecule has 2 aromatic rings. The maximum atomic E-state index is 5.45. The maximum absolute atomic E-state index is 5.45. The Morgan fingerprint density at radius 3 is 2.06 bits per heavy atom. The first kappa shape index (κ1) is 13.1. The molecule has 0 heterocycles. The Hall–Kier alpha value is -1.38. The molecule has 0 aliphatic rings. The summed E-state index contributed by atoms with van der Waals surface area (Å²) in [5.74, 6) is 0. The van der Waals surface area contributed by atoms with E-state index in [4.69, 9.17) is 12.2 Å². The molecule has 90 valence electrons. The molecule has 0 spiro atoms. The minimum atomic E-state index is 0.921. The highest BCUT2D eigenvalue weighted by Gasteiger charge is 2.06. The molecule has 0 amide bonds. The van der Waals surface area contributed by atoms with E-state index in [1.54, 1.807) is 11.8 Å². The number of thiocarbonyl (C=S) groups is 1. The maximum Gasteiger partial charge on any atom is 0.0781 e. The monoisotopic (exact) mass is 270 g/mol. The van der Waals surface area contributed by atoms with Crippen LogP contribution in [0.1, 0.15) is 11.1 Å². The van der Waals surface area contributed by atoms with Crippen LogP contribution < -0.4 is 0 Å². The zero-order valence-electron chi connectivity index (χ0n) is 10.2. The van der Waals surface area contributed by atoms with Crippen LogP contribution in [0.15, 0.2) is 60.7 Å². The van der Waals surface area contributed by atoms with E-state index in [-0.39, 0.29) is 0 Å². The molecule has 2 aromatic carbocycles. The van der Waals surface area contributed by atoms with Crippen LogP contribution >= 0.6 is 24.0 Å². The van der Waals surface area contributed by atoms with Crippen LogP contribution in [0.25, 0.3) is 11.6 Å². The first-order valence-corrected chi connectivity index (χ1v) is 7.35. The summed E-state index contributed by atoms with van der Waals surface area (Å²) in [6.07, 6.45) is 4.16. The van der Waals surface area contributed by atoms with Crippen molar-refractivity contribution in [3.63, 3.8) is 0 Å². The quantitative estimate of drug-likeness (QED) is 0.441. The number of thioether (sulfide) groups is 1. The molecule has 0 bridgehead atoms. The fourth-order valence-corrected chi connectivity index (χ4v) is 2.28. The first-order valence-electron chi connectivity index (χ1n) is 5.72. The molecule has 0 unspecified atom stereocenters. The van der Waals surface area contributed by atoms with Crippen molar-refractivity contribution in [2.24, 2.45) is 0 Å². The van der Waals surface area contributed by atoms with Crippen molar-refractivity contribution in [1.82, 2.24) is 0 Å². The Kier molecular flexibility index (Phi) is 4.73. The van der Waals surface area contributed by atoms with E-state index in [0.29, 0.717) is 0 Å². The lowest BCUT2D eigenvalue weighted by atomic mass is 10.0. The number of rotatable bonds is 3. The molecule has 0 nitrogen and oxygen atoms in total. The highest BCUT2D eigenvalue weighted by Crippen LogP contribution is 2.24. The molecule has 18 heavy (non-hydrogen) atoms. The molecule has 0 saturated heterocycles. The summed E-state index contributed by atoms with van der Waals surface area (Å²) in [4.78, 5) is 0. The van der Waals surface area contributed by atoms with Gasteiger partial charge in [-0.3, -0.25) is 0 Å². The summed E-state index contributed by atoms with van der Waals surface area (Å²) in [5.41, 5.74) is 3.46. The summed E-state index contributed by atoms with van der Waals surface area (Å²) < 4.78 is 0.921. The van der Waals surface area contributed by atoms with E-state index in [9.17, 15) is 0 Å². The number of benzene rings is 2. The van der Waals surface area contributed by atoms with Gasteiger partial charge in [0.25, 0.3) is 0 Å². The van der Waals surface area contributed by atoms with Gasteiger partial charge < -0.3 is 0 Å². The standard InChI is InChI=1S/C16H14S2/c1-18-16(17)15(14-10-6-3-7-11-14)12-13-8-4-2-5-9-13/h2-12H,1H3/b15-12-. The van der Waals surface area contributed by atoms with E-state index in [2.05, 4.69) is 30.3 Å². The summed E-state index contributed by atoms with van der Waals surface area (Å²) in [7, 11) is 0. The van der Waals surface area contributed by atoms with Crippen molar-refractivity contribution < 1.29 is 0 Å². The minimum Gasteiger partial charge on any atom is -0.117 e. The van der Waals surface area contributed by atoms with Gasteiger partial charge in [0.1, 0.15) is 0 Å². The third kappa shape index (κ3) is 3.31. The fraction of sp³-hybridized carbons (Fsp3) is 0.0625.